The van der Waals surface area contributed by atoms with E-state index in [1.807, 2.05) is 0 Å². The quantitative estimate of drug-likeness (QED) is 0.777. The van der Waals surface area contributed by atoms with Gasteiger partial charge in [0.15, 0.2) is 0 Å². The molecule has 1 atom stereocenters. The number of carbonyl (C=O) groups is 1. The van der Waals surface area contributed by atoms with Crippen molar-refractivity contribution in [3.8, 4) is 0 Å². The molecule has 0 fully saturated rings. The second kappa shape index (κ2) is 6.10. The minimum Gasteiger partial charge on any atom is -0.465 e. The first-order valence-corrected chi connectivity index (χ1v) is 5.46. The molecule has 0 aliphatic heterocycles. The molecule has 0 radical (unpaired) electrons. The summed E-state index contributed by atoms with van der Waals surface area (Å²) in [6.07, 6.45) is 2.75. The number of rotatable bonds is 5. The lowest BCUT2D eigenvalue weighted by molar-refractivity contribution is 0.0601. The summed E-state index contributed by atoms with van der Waals surface area (Å²) in [6, 6.07) is 3.43. The van der Waals surface area contributed by atoms with E-state index in [0.29, 0.717) is 17.3 Å². The van der Waals surface area contributed by atoms with Crippen LogP contribution >= 0.6 is 0 Å². The summed E-state index contributed by atoms with van der Waals surface area (Å²) < 4.78 is 4.69. The smallest absolute Gasteiger partial charge is 0.341 e. The fourth-order valence-electron chi connectivity index (χ4n) is 1.24. The van der Waals surface area contributed by atoms with Crippen LogP contribution in [-0.4, -0.2) is 24.6 Å². The van der Waals surface area contributed by atoms with Crippen LogP contribution in [0.3, 0.4) is 0 Å². The number of nitrogens with zero attached hydrogens (tertiary/aromatic N) is 1. The highest BCUT2D eigenvalue weighted by Crippen LogP contribution is 2.13. The van der Waals surface area contributed by atoms with Crippen molar-refractivity contribution in [2.24, 2.45) is 5.92 Å². The second-order valence-electron chi connectivity index (χ2n) is 3.79. The van der Waals surface area contributed by atoms with E-state index in [1.54, 1.807) is 18.3 Å². The van der Waals surface area contributed by atoms with Crippen LogP contribution in [-0.2, 0) is 4.74 Å². The minimum absolute atomic E-state index is 0.361. The highest BCUT2D eigenvalue weighted by atomic mass is 16.5. The summed E-state index contributed by atoms with van der Waals surface area (Å²) in [4.78, 5) is 15.6. The van der Waals surface area contributed by atoms with Gasteiger partial charge in [-0.15, -0.1) is 0 Å². The van der Waals surface area contributed by atoms with Gasteiger partial charge in [-0.25, -0.2) is 9.78 Å². The number of methoxy groups -OCH3 is 1. The van der Waals surface area contributed by atoms with E-state index in [1.165, 1.54) is 7.11 Å². The zero-order chi connectivity index (χ0) is 12.0. The molecule has 88 valence electrons. The maximum Gasteiger partial charge on any atom is 0.341 e. The number of aromatic nitrogens is 1. The normalized spacial score (nSPS) is 11.9. The topological polar surface area (TPSA) is 51.2 Å². The first-order valence-electron chi connectivity index (χ1n) is 5.46. The van der Waals surface area contributed by atoms with E-state index in [2.05, 4.69) is 24.1 Å². The van der Waals surface area contributed by atoms with Gasteiger partial charge in [0.05, 0.1) is 7.11 Å². The maximum absolute atomic E-state index is 11.4. The summed E-state index contributed by atoms with van der Waals surface area (Å²) >= 11 is 0. The lowest BCUT2D eigenvalue weighted by Gasteiger charge is -2.12. The Bertz CT molecular complexity index is 353. The maximum atomic E-state index is 11.4. The molecule has 0 aliphatic rings. The Labute approximate surface area is 96.0 Å². The van der Waals surface area contributed by atoms with Gasteiger partial charge in [-0.05, 0) is 18.1 Å². The van der Waals surface area contributed by atoms with Crippen LogP contribution in [0.25, 0.3) is 0 Å². The summed E-state index contributed by atoms with van der Waals surface area (Å²) in [5.74, 6) is 0.780. The molecule has 0 saturated heterocycles. The third-order valence-corrected chi connectivity index (χ3v) is 2.53. The van der Waals surface area contributed by atoms with Crippen LogP contribution in [0.5, 0.6) is 0 Å². The predicted molar refractivity (Wildman–Crippen MR) is 63.5 cm³/mol. The SMILES string of the molecule is CCC(C)CNc1ncccc1C(=O)OC. The third kappa shape index (κ3) is 3.22. The highest BCUT2D eigenvalue weighted by molar-refractivity contribution is 5.94. The van der Waals surface area contributed by atoms with E-state index in [-0.39, 0.29) is 5.97 Å². The lowest BCUT2D eigenvalue weighted by atomic mass is 10.1. The number of ether oxygens (including phenoxy) is 1. The molecule has 0 saturated carbocycles. The van der Waals surface area contributed by atoms with Crippen molar-refractivity contribution in [3.63, 3.8) is 0 Å². The number of hydrogen-bond acceptors (Lipinski definition) is 4. The van der Waals surface area contributed by atoms with E-state index >= 15 is 0 Å². The molecule has 16 heavy (non-hydrogen) atoms. The van der Waals surface area contributed by atoms with E-state index in [0.717, 1.165) is 13.0 Å². The molecule has 4 nitrogen and oxygen atoms in total. The number of hydrogen-bond donors (Lipinski definition) is 1. The molecular weight excluding hydrogens is 204 g/mol. The molecule has 0 aliphatic carbocycles. The van der Waals surface area contributed by atoms with Gasteiger partial charge in [0.2, 0.25) is 0 Å². The number of esters is 1. The third-order valence-electron chi connectivity index (χ3n) is 2.53. The summed E-state index contributed by atoms with van der Waals surface area (Å²) in [5.41, 5.74) is 0.480. The van der Waals surface area contributed by atoms with Crippen LogP contribution in [0.2, 0.25) is 0 Å². The van der Waals surface area contributed by atoms with Gasteiger partial charge in [-0.2, -0.15) is 0 Å². The van der Waals surface area contributed by atoms with Crippen molar-refractivity contribution < 1.29 is 9.53 Å². The number of anilines is 1. The monoisotopic (exact) mass is 222 g/mol. The second-order valence-corrected chi connectivity index (χ2v) is 3.79. The van der Waals surface area contributed by atoms with Crippen molar-refractivity contribution in [1.82, 2.24) is 4.98 Å². The van der Waals surface area contributed by atoms with E-state index in [4.69, 9.17) is 4.74 Å². The Kier molecular flexibility index (Phi) is 4.76. The highest BCUT2D eigenvalue weighted by Gasteiger charge is 2.12. The number of nitrogens with one attached hydrogen (secondary N) is 1. The molecule has 0 bridgehead atoms. The van der Waals surface area contributed by atoms with Crippen LogP contribution in [0, 0.1) is 5.92 Å². The van der Waals surface area contributed by atoms with E-state index in [9.17, 15) is 4.79 Å². The van der Waals surface area contributed by atoms with Crippen LogP contribution in [0.1, 0.15) is 30.6 Å². The van der Waals surface area contributed by atoms with Crippen molar-refractivity contribution in [2.45, 2.75) is 20.3 Å². The van der Waals surface area contributed by atoms with Crippen LogP contribution < -0.4 is 5.32 Å². The molecule has 0 aromatic carbocycles. The Morgan fingerprint density at radius 3 is 3.00 bits per heavy atom. The van der Waals surface area contributed by atoms with Crippen LogP contribution in [0.15, 0.2) is 18.3 Å². The molecule has 0 amide bonds. The molecule has 1 rings (SSSR count). The largest absolute Gasteiger partial charge is 0.465 e. The lowest BCUT2D eigenvalue weighted by Crippen LogP contribution is -2.15. The Balaban J connectivity index is 2.75. The first-order chi connectivity index (χ1) is 7.69. The molecule has 1 aromatic rings. The number of carbonyl (C=O) groups excluding carboxylic acids is 1. The van der Waals surface area contributed by atoms with Gasteiger partial charge in [0.1, 0.15) is 11.4 Å². The summed E-state index contributed by atoms with van der Waals surface area (Å²) in [7, 11) is 1.37. The Morgan fingerprint density at radius 1 is 1.62 bits per heavy atom. The van der Waals surface area contributed by atoms with Gasteiger partial charge in [0, 0.05) is 12.7 Å². The van der Waals surface area contributed by atoms with Crippen molar-refractivity contribution >= 4 is 11.8 Å². The zero-order valence-electron chi connectivity index (χ0n) is 9.99. The van der Waals surface area contributed by atoms with Crippen LogP contribution in [0.4, 0.5) is 5.82 Å². The number of pyridine rings is 1. The minimum atomic E-state index is -0.361. The van der Waals surface area contributed by atoms with Gasteiger partial charge >= 0.3 is 5.97 Å². The van der Waals surface area contributed by atoms with Gasteiger partial charge < -0.3 is 10.1 Å². The van der Waals surface area contributed by atoms with E-state index < -0.39 is 0 Å². The molecule has 1 aromatic heterocycles. The van der Waals surface area contributed by atoms with Gasteiger partial charge in [-0.1, -0.05) is 20.3 Å². The predicted octanol–water partition coefficient (Wildman–Crippen LogP) is 2.33. The summed E-state index contributed by atoms with van der Waals surface area (Å²) in [5, 5.41) is 3.17. The first kappa shape index (κ1) is 12.5. The summed E-state index contributed by atoms with van der Waals surface area (Å²) in [6.45, 7) is 5.08. The Morgan fingerprint density at radius 2 is 2.38 bits per heavy atom. The van der Waals surface area contributed by atoms with Crippen molar-refractivity contribution in [2.75, 3.05) is 19.0 Å². The fourth-order valence-corrected chi connectivity index (χ4v) is 1.24. The molecule has 1 unspecified atom stereocenters. The average Bonchev–Trinajstić information content (AvgIpc) is 2.35. The Hall–Kier alpha value is -1.58. The molecular formula is C12H18N2O2. The fraction of sp³-hybridized carbons (Fsp3) is 0.500. The van der Waals surface area contributed by atoms with Gasteiger partial charge in [-0.3, -0.25) is 0 Å². The molecule has 0 spiro atoms. The molecule has 1 N–H and O–H groups in total. The molecule has 1 heterocycles. The molecule has 4 heteroatoms. The zero-order valence-corrected chi connectivity index (χ0v) is 9.99. The van der Waals surface area contributed by atoms with Crippen molar-refractivity contribution in [1.29, 1.82) is 0 Å². The average molecular weight is 222 g/mol. The van der Waals surface area contributed by atoms with Crippen molar-refractivity contribution in [3.05, 3.63) is 23.9 Å². The standard InChI is InChI=1S/C12H18N2O2/c1-4-9(2)8-14-11-10(12(15)16-3)6-5-7-13-11/h5-7,9H,4,8H2,1-3H3,(H,13,14). The van der Waals surface area contributed by atoms with Gasteiger partial charge in [0.25, 0.3) is 0 Å².